The van der Waals surface area contributed by atoms with Gasteiger partial charge >= 0.3 is 5.97 Å². The summed E-state index contributed by atoms with van der Waals surface area (Å²) < 4.78 is 22.9. The number of nitrogens with zero attached hydrogens (tertiary/aromatic N) is 1. The van der Waals surface area contributed by atoms with E-state index in [0.29, 0.717) is 19.0 Å². The third kappa shape index (κ3) is 2.56. The molecule has 0 aromatic heterocycles. The standard InChI is InChI=1S/C20H33NO5/c1-12-7-6-8-19(2)9-14-16(17-20(12,19)26-17)13(18(22)25-14)10-21(3)11-15(23-4)24-5/h12-17H,6-11H2,1-5H3/t12-,13?,14+,16+,17-,19+,20-/m0/s1. The molecular weight excluding hydrogens is 334 g/mol. The summed E-state index contributed by atoms with van der Waals surface area (Å²) in [6.45, 7) is 5.97. The maximum absolute atomic E-state index is 12.7. The molecule has 2 aliphatic carbocycles. The second-order valence-electron chi connectivity index (χ2n) is 9.17. The number of likely N-dealkylation sites (N-methyl/N-ethyl adjacent to an activating group) is 1. The predicted octanol–water partition coefficient (Wildman–Crippen LogP) is 2.06. The molecule has 2 saturated heterocycles. The van der Waals surface area contributed by atoms with Gasteiger partial charge in [-0.2, -0.15) is 0 Å². The Hall–Kier alpha value is -0.690. The van der Waals surface area contributed by atoms with Gasteiger partial charge in [0.25, 0.3) is 0 Å². The molecule has 0 bridgehead atoms. The lowest BCUT2D eigenvalue weighted by molar-refractivity contribution is -0.147. The summed E-state index contributed by atoms with van der Waals surface area (Å²) in [6.07, 6.45) is 4.51. The summed E-state index contributed by atoms with van der Waals surface area (Å²) in [5, 5.41) is 0. The van der Waals surface area contributed by atoms with Crippen LogP contribution in [-0.4, -0.2) is 69.3 Å². The summed E-state index contributed by atoms with van der Waals surface area (Å²) in [4.78, 5) is 14.8. The van der Waals surface area contributed by atoms with Crippen LogP contribution in [0.15, 0.2) is 0 Å². The van der Waals surface area contributed by atoms with Crippen molar-refractivity contribution in [2.24, 2.45) is 23.2 Å². The first kappa shape index (κ1) is 18.7. The number of hydrogen-bond donors (Lipinski definition) is 0. The molecular formula is C20H33NO5. The smallest absolute Gasteiger partial charge is 0.311 e. The molecule has 1 unspecified atom stereocenters. The fourth-order valence-corrected chi connectivity index (χ4v) is 6.35. The second-order valence-corrected chi connectivity index (χ2v) is 9.17. The van der Waals surface area contributed by atoms with E-state index in [2.05, 4.69) is 18.7 Å². The van der Waals surface area contributed by atoms with Gasteiger partial charge in [-0.1, -0.05) is 20.3 Å². The second kappa shape index (κ2) is 6.43. The largest absolute Gasteiger partial charge is 0.462 e. The molecule has 4 aliphatic rings. The van der Waals surface area contributed by atoms with Gasteiger partial charge in [0.15, 0.2) is 6.29 Å². The van der Waals surface area contributed by atoms with Crippen LogP contribution in [0.4, 0.5) is 0 Å². The van der Waals surface area contributed by atoms with Gasteiger partial charge in [-0.25, -0.2) is 0 Å². The highest BCUT2D eigenvalue weighted by Crippen LogP contribution is 2.70. The average molecular weight is 367 g/mol. The van der Waals surface area contributed by atoms with Gasteiger partial charge in [0, 0.05) is 38.6 Å². The van der Waals surface area contributed by atoms with Gasteiger partial charge in [0.2, 0.25) is 0 Å². The van der Waals surface area contributed by atoms with E-state index in [-0.39, 0.29) is 47.3 Å². The van der Waals surface area contributed by atoms with E-state index in [0.717, 1.165) is 6.42 Å². The number of carbonyl (C=O) groups excluding carboxylic acids is 1. The Bertz CT molecular complexity index is 566. The number of esters is 1. The quantitative estimate of drug-likeness (QED) is 0.407. The molecule has 26 heavy (non-hydrogen) atoms. The van der Waals surface area contributed by atoms with Crippen molar-refractivity contribution in [3.05, 3.63) is 0 Å². The van der Waals surface area contributed by atoms with E-state index in [1.165, 1.54) is 19.3 Å². The molecule has 0 amide bonds. The number of epoxide rings is 1. The first-order chi connectivity index (χ1) is 12.4. The zero-order valence-electron chi connectivity index (χ0n) is 16.7. The molecule has 2 aliphatic heterocycles. The van der Waals surface area contributed by atoms with Crippen molar-refractivity contribution in [2.75, 3.05) is 34.4 Å². The summed E-state index contributed by atoms with van der Waals surface area (Å²) in [6, 6.07) is 0. The Labute approximate surface area is 156 Å². The third-order valence-electron chi connectivity index (χ3n) is 7.69. The van der Waals surface area contributed by atoms with Crippen molar-refractivity contribution in [1.82, 2.24) is 4.90 Å². The van der Waals surface area contributed by atoms with Gasteiger partial charge in [0.05, 0.1) is 12.0 Å². The van der Waals surface area contributed by atoms with Gasteiger partial charge in [-0.15, -0.1) is 0 Å². The Kier molecular flexibility index (Phi) is 4.62. The minimum atomic E-state index is -0.287. The van der Waals surface area contributed by atoms with Gasteiger partial charge < -0.3 is 23.8 Å². The fourth-order valence-electron chi connectivity index (χ4n) is 6.35. The van der Waals surface area contributed by atoms with E-state index in [1.807, 2.05) is 7.05 Å². The van der Waals surface area contributed by atoms with E-state index >= 15 is 0 Å². The molecule has 1 spiro atoms. The van der Waals surface area contributed by atoms with Crippen LogP contribution in [0, 0.1) is 23.2 Å². The van der Waals surface area contributed by atoms with Crippen LogP contribution in [0.5, 0.6) is 0 Å². The van der Waals surface area contributed by atoms with Crippen molar-refractivity contribution >= 4 is 5.97 Å². The first-order valence-corrected chi connectivity index (χ1v) is 9.98. The zero-order chi connectivity index (χ0) is 18.7. The molecule has 6 heteroatoms. The van der Waals surface area contributed by atoms with Crippen LogP contribution < -0.4 is 0 Å². The lowest BCUT2D eigenvalue weighted by Gasteiger charge is -2.49. The van der Waals surface area contributed by atoms with Crippen molar-refractivity contribution in [1.29, 1.82) is 0 Å². The highest BCUT2D eigenvalue weighted by atomic mass is 16.7. The zero-order valence-corrected chi connectivity index (χ0v) is 16.7. The molecule has 0 aromatic carbocycles. The van der Waals surface area contributed by atoms with Crippen LogP contribution in [0.3, 0.4) is 0 Å². The lowest BCUT2D eigenvalue weighted by Crippen LogP contribution is -2.54. The highest BCUT2D eigenvalue weighted by molar-refractivity contribution is 5.76. The molecule has 7 atom stereocenters. The van der Waals surface area contributed by atoms with Crippen LogP contribution in [-0.2, 0) is 23.7 Å². The molecule has 0 radical (unpaired) electrons. The van der Waals surface area contributed by atoms with Gasteiger partial charge in [-0.3, -0.25) is 4.79 Å². The third-order valence-corrected chi connectivity index (χ3v) is 7.69. The normalized spacial score (nSPS) is 46.7. The summed E-state index contributed by atoms with van der Waals surface area (Å²) in [5.74, 6) is 0.566. The SMILES string of the molecule is COC(CN(C)CC1C(=O)O[C@@H]2C[C@@]3(C)CCC[C@H](C)[C@@]34O[C@H]4[C@H]12)OC. The molecule has 0 aromatic rings. The molecule has 2 heterocycles. The first-order valence-electron chi connectivity index (χ1n) is 9.98. The monoisotopic (exact) mass is 367 g/mol. The number of hydrogen-bond acceptors (Lipinski definition) is 6. The summed E-state index contributed by atoms with van der Waals surface area (Å²) >= 11 is 0. The number of fused-ring (bicyclic) bond motifs is 2. The Morgan fingerprint density at radius 3 is 2.77 bits per heavy atom. The minimum absolute atomic E-state index is 0.0115. The predicted molar refractivity (Wildman–Crippen MR) is 95.5 cm³/mol. The van der Waals surface area contributed by atoms with E-state index < -0.39 is 0 Å². The molecule has 4 rings (SSSR count). The molecule has 6 nitrogen and oxygen atoms in total. The number of methoxy groups -OCH3 is 2. The molecule has 148 valence electrons. The average Bonchev–Trinajstić information content (AvgIpc) is 3.28. The number of carbonyl (C=O) groups is 1. The van der Waals surface area contributed by atoms with Crippen molar-refractivity contribution in [3.8, 4) is 0 Å². The van der Waals surface area contributed by atoms with E-state index in [9.17, 15) is 4.79 Å². The van der Waals surface area contributed by atoms with Crippen molar-refractivity contribution in [2.45, 2.75) is 63.6 Å². The summed E-state index contributed by atoms with van der Waals surface area (Å²) in [5.41, 5.74) is 0.119. The Morgan fingerprint density at radius 2 is 2.08 bits per heavy atom. The highest BCUT2D eigenvalue weighted by Gasteiger charge is 2.78. The topological polar surface area (TPSA) is 60.5 Å². The van der Waals surface area contributed by atoms with Crippen LogP contribution in [0.25, 0.3) is 0 Å². The van der Waals surface area contributed by atoms with E-state index in [4.69, 9.17) is 18.9 Å². The van der Waals surface area contributed by atoms with E-state index in [1.54, 1.807) is 14.2 Å². The lowest BCUT2D eigenvalue weighted by atomic mass is 9.53. The van der Waals surface area contributed by atoms with Gasteiger partial charge in [-0.05, 0) is 32.2 Å². The minimum Gasteiger partial charge on any atom is -0.462 e. The van der Waals surface area contributed by atoms with Crippen LogP contribution in [0.1, 0.15) is 39.5 Å². The number of ether oxygens (including phenoxy) is 4. The van der Waals surface area contributed by atoms with Crippen LogP contribution >= 0.6 is 0 Å². The fraction of sp³-hybridized carbons (Fsp3) is 0.950. The van der Waals surface area contributed by atoms with Gasteiger partial charge in [0.1, 0.15) is 11.7 Å². The Morgan fingerprint density at radius 1 is 1.35 bits per heavy atom. The molecule has 4 fully saturated rings. The molecule has 0 N–H and O–H groups in total. The molecule has 2 saturated carbocycles. The van der Waals surface area contributed by atoms with Crippen molar-refractivity contribution in [3.63, 3.8) is 0 Å². The maximum atomic E-state index is 12.7. The maximum Gasteiger partial charge on any atom is 0.311 e. The Balaban J connectivity index is 1.51. The number of rotatable bonds is 6. The van der Waals surface area contributed by atoms with Crippen molar-refractivity contribution < 1.29 is 23.7 Å². The van der Waals surface area contributed by atoms with Crippen LogP contribution in [0.2, 0.25) is 0 Å². The summed E-state index contributed by atoms with van der Waals surface area (Å²) in [7, 11) is 5.28.